The van der Waals surface area contributed by atoms with Crippen LogP contribution in [0.15, 0.2) is 29.1 Å². The second-order valence-corrected chi connectivity index (χ2v) is 9.07. The van der Waals surface area contributed by atoms with Crippen LogP contribution in [0.1, 0.15) is 80.4 Å². The summed E-state index contributed by atoms with van der Waals surface area (Å²) < 4.78 is 43.5. The average Bonchev–Trinajstić information content (AvgIpc) is 2.79. The Kier molecular flexibility index (Phi) is 6.66. The Balaban J connectivity index is 1.73. The third-order valence-electron chi connectivity index (χ3n) is 6.67. The van der Waals surface area contributed by atoms with Crippen molar-refractivity contribution in [2.45, 2.75) is 76.9 Å². The van der Waals surface area contributed by atoms with Gasteiger partial charge in [0.1, 0.15) is 23.1 Å². The van der Waals surface area contributed by atoms with Crippen molar-refractivity contribution in [2.75, 3.05) is 5.32 Å². The molecule has 1 atom stereocenters. The lowest BCUT2D eigenvalue weighted by atomic mass is 9.83. The Hall–Kier alpha value is -2.94. The van der Waals surface area contributed by atoms with Gasteiger partial charge in [-0.15, -0.1) is 0 Å². The number of rotatable bonds is 6. The van der Waals surface area contributed by atoms with E-state index in [1.54, 1.807) is 19.9 Å². The van der Waals surface area contributed by atoms with Crippen molar-refractivity contribution >= 4 is 16.9 Å². The molecule has 0 saturated heterocycles. The van der Waals surface area contributed by atoms with E-state index >= 15 is 4.39 Å². The zero-order valence-corrected chi connectivity index (χ0v) is 19.5. The predicted molar refractivity (Wildman–Crippen MR) is 125 cm³/mol. The number of alkyl halides is 2. The highest BCUT2D eigenvalue weighted by atomic mass is 19.3. The number of benzene rings is 1. The van der Waals surface area contributed by atoms with E-state index < -0.39 is 29.8 Å². The number of aliphatic hydroxyl groups is 1. The van der Waals surface area contributed by atoms with E-state index in [1.807, 2.05) is 0 Å². The molecule has 6 nitrogen and oxygen atoms in total. The van der Waals surface area contributed by atoms with Crippen molar-refractivity contribution in [1.82, 2.24) is 15.0 Å². The van der Waals surface area contributed by atoms with Crippen molar-refractivity contribution < 1.29 is 18.3 Å². The Morgan fingerprint density at radius 3 is 2.62 bits per heavy atom. The fourth-order valence-electron chi connectivity index (χ4n) is 4.65. The largest absolute Gasteiger partial charge is 0.393 e. The molecule has 9 heteroatoms. The Bertz CT molecular complexity index is 1250. The maximum atomic E-state index is 15.1. The van der Waals surface area contributed by atoms with Gasteiger partial charge in [0.2, 0.25) is 0 Å². The molecule has 1 aliphatic carbocycles. The number of H-pyrrole nitrogens is 1. The van der Waals surface area contributed by atoms with Gasteiger partial charge in [-0.2, -0.15) is 0 Å². The number of halogens is 3. The van der Waals surface area contributed by atoms with Gasteiger partial charge in [0.15, 0.2) is 0 Å². The molecule has 1 saturated carbocycles. The molecule has 4 rings (SSSR count). The number of hydrogen-bond donors (Lipinski definition) is 3. The number of hydrogen-bond acceptors (Lipinski definition) is 5. The molecule has 2 aromatic heterocycles. The standard InChI is InChI=1S/C25H29F3N4O2/c1-4-25(27,28)20-7-5-6-17(21(20)26)13(2)29-22-19-12-18(15-8-10-16(33)11-9-15)24(34)32-23(19)31-14(3)30-22/h5-7,12-13,15-16,33H,4,8-11H2,1-3H3,(H2,29,30,31,32,34)/t13-,15-,16+/m1/s1. The van der Waals surface area contributed by atoms with E-state index in [9.17, 15) is 18.7 Å². The first kappa shape index (κ1) is 24.2. The summed E-state index contributed by atoms with van der Waals surface area (Å²) in [6.07, 6.45) is 1.82. The minimum Gasteiger partial charge on any atom is -0.393 e. The summed E-state index contributed by atoms with van der Waals surface area (Å²) >= 11 is 0. The van der Waals surface area contributed by atoms with Crippen LogP contribution in [0.3, 0.4) is 0 Å². The molecule has 34 heavy (non-hydrogen) atoms. The topological polar surface area (TPSA) is 90.9 Å². The summed E-state index contributed by atoms with van der Waals surface area (Å²) in [4.78, 5) is 24.4. The van der Waals surface area contributed by atoms with Crippen molar-refractivity contribution in [2.24, 2.45) is 0 Å². The molecule has 0 spiro atoms. The Labute approximate surface area is 195 Å². The van der Waals surface area contributed by atoms with Gasteiger partial charge in [-0.25, -0.2) is 23.1 Å². The zero-order chi connectivity index (χ0) is 24.6. The quantitative estimate of drug-likeness (QED) is 0.441. The molecule has 1 fully saturated rings. The summed E-state index contributed by atoms with van der Waals surface area (Å²) in [5.74, 6) is -3.42. The lowest BCUT2D eigenvalue weighted by Gasteiger charge is -2.25. The molecular formula is C25H29F3N4O2. The maximum absolute atomic E-state index is 15.1. The molecule has 0 amide bonds. The Morgan fingerprint density at radius 2 is 1.94 bits per heavy atom. The average molecular weight is 475 g/mol. The molecule has 1 aromatic carbocycles. The van der Waals surface area contributed by atoms with Crippen LogP contribution in [0.25, 0.3) is 11.0 Å². The first-order valence-corrected chi connectivity index (χ1v) is 11.6. The molecular weight excluding hydrogens is 445 g/mol. The lowest BCUT2D eigenvalue weighted by Crippen LogP contribution is -2.23. The molecule has 1 aliphatic rings. The third kappa shape index (κ3) is 4.66. The number of anilines is 1. The summed E-state index contributed by atoms with van der Waals surface area (Å²) in [5, 5.41) is 13.5. The second-order valence-electron chi connectivity index (χ2n) is 9.07. The van der Waals surface area contributed by atoms with E-state index in [0.29, 0.717) is 53.9 Å². The number of nitrogens with one attached hydrogen (secondary N) is 2. The number of fused-ring (bicyclic) bond motifs is 1. The van der Waals surface area contributed by atoms with Crippen LogP contribution in [0.2, 0.25) is 0 Å². The molecule has 182 valence electrons. The van der Waals surface area contributed by atoms with Crippen LogP contribution in [0, 0.1) is 12.7 Å². The molecule has 3 aromatic rings. The number of aryl methyl sites for hydroxylation is 1. The van der Waals surface area contributed by atoms with Crippen LogP contribution < -0.4 is 10.9 Å². The van der Waals surface area contributed by atoms with Crippen molar-refractivity contribution in [3.05, 3.63) is 63.0 Å². The first-order chi connectivity index (χ1) is 16.1. The van der Waals surface area contributed by atoms with Crippen LogP contribution in [0.5, 0.6) is 0 Å². The molecule has 0 unspecified atom stereocenters. The SMILES string of the molecule is CCC(F)(F)c1cccc([C@@H](C)Nc2nc(C)nc3[nH]c(=O)c([C@H]4CC[C@@H](O)CC4)cc23)c1F. The van der Waals surface area contributed by atoms with Gasteiger partial charge in [-0.1, -0.05) is 25.1 Å². The Morgan fingerprint density at radius 1 is 1.24 bits per heavy atom. The van der Waals surface area contributed by atoms with E-state index in [0.717, 1.165) is 6.07 Å². The van der Waals surface area contributed by atoms with E-state index in [1.165, 1.54) is 19.1 Å². The lowest BCUT2D eigenvalue weighted by molar-refractivity contribution is -0.0119. The minimum absolute atomic E-state index is 0.00790. The van der Waals surface area contributed by atoms with Crippen molar-refractivity contribution in [1.29, 1.82) is 0 Å². The summed E-state index contributed by atoms with van der Waals surface area (Å²) in [6.45, 7) is 4.66. The van der Waals surface area contributed by atoms with E-state index in [4.69, 9.17) is 0 Å². The number of aromatic nitrogens is 3. The smallest absolute Gasteiger partial charge is 0.275 e. The van der Waals surface area contributed by atoms with Crippen molar-refractivity contribution in [3.63, 3.8) is 0 Å². The number of nitrogens with zero attached hydrogens (tertiary/aromatic N) is 2. The molecule has 3 N–H and O–H groups in total. The highest BCUT2D eigenvalue weighted by molar-refractivity contribution is 5.87. The molecule has 2 heterocycles. The van der Waals surface area contributed by atoms with E-state index in [2.05, 4.69) is 20.3 Å². The third-order valence-corrected chi connectivity index (χ3v) is 6.67. The van der Waals surface area contributed by atoms with Gasteiger partial charge in [0, 0.05) is 17.5 Å². The number of aliphatic hydroxyl groups excluding tert-OH is 1. The minimum atomic E-state index is -3.26. The fraction of sp³-hybridized carbons (Fsp3) is 0.480. The predicted octanol–water partition coefficient (Wildman–Crippen LogP) is 5.46. The highest BCUT2D eigenvalue weighted by Gasteiger charge is 2.34. The summed E-state index contributed by atoms with van der Waals surface area (Å²) in [7, 11) is 0. The molecule has 0 radical (unpaired) electrons. The highest BCUT2D eigenvalue weighted by Crippen LogP contribution is 2.37. The number of aromatic amines is 1. The van der Waals surface area contributed by atoms with Gasteiger partial charge in [-0.05, 0) is 51.5 Å². The first-order valence-electron chi connectivity index (χ1n) is 11.6. The molecule has 0 bridgehead atoms. The van der Waals surface area contributed by atoms with Gasteiger partial charge < -0.3 is 15.4 Å². The van der Waals surface area contributed by atoms with Gasteiger partial charge in [0.05, 0.1) is 23.1 Å². The van der Waals surface area contributed by atoms with Crippen LogP contribution in [-0.4, -0.2) is 26.2 Å². The van der Waals surface area contributed by atoms with E-state index in [-0.39, 0.29) is 23.1 Å². The molecule has 0 aliphatic heterocycles. The van der Waals surface area contributed by atoms with Crippen LogP contribution in [-0.2, 0) is 5.92 Å². The van der Waals surface area contributed by atoms with Crippen LogP contribution >= 0.6 is 0 Å². The normalized spacial score (nSPS) is 19.9. The van der Waals surface area contributed by atoms with Gasteiger partial charge >= 0.3 is 0 Å². The second kappa shape index (κ2) is 9.37. The summed E-state index contributed by atoms with van der Waals surface area (Å²) in [6, 6.07) is 5.08. The zero-order valence-electron chi connectivity index (χ0n) is 19.5. The number of pyridine rings is 1. The van der Waals surface area contributed by atoms with Crippen LogP contribution in [0.4, 0.5) is 19.0 Å². The fourth-order valence-corrected chi connectivity index (χ4v) is 4.65. The van der Waals surface area contributed by atoms with Gasteiger partial charge in [0.25, 0.3) is 11.5 Å². The monoisotopic (exact) mass is 474 g/mol. The summed E-state index contributed by atoms with van der Waals surface area (Å²) in [5.41, 5.74) is 0.181. The van der Waals surface area contributed by atoms with Crippen molar-refractivity contribution in [3.8, 4) is 0 Å². The maximum Gasteiger partial charge on any atom is 0.275 e. The van der Waals surface area contributed by atoms with Gasteiger partial charge in [-0.3, -0.25) is 4.79 Å².